The first-order valence-electron chi connectivity index (χ1n) is 22.3. The van der Waals surface area contributed by atoms with E-state index in [0.717, 1.165) is 34.1 Å². The summed E-state index contributed by atoms with van der Waals surface area (Å²) in [5.41, 5.74) is 18.1. The van der Waals surface area contributed by atoms with Gasteiger partial charge < -0.3 is 9.80 Å². The van der Waals surface area contributed by atoms with E-state index in [1.165, 1.54) is 82.4 Å². The number of aryl methyl sites for hydroxylation is 1. The lowest BCUT2D eigenvalue weighted by Gasteiger charge is -2.33. The second-order valence-corrected chi connectivity index (χ2v) is 17.3. The number of anilines is 6. The Kier molecular flexibility index (Phi) is 8.07. The Bertz CT molecular complexity index is 3590. The van der Waals surface area contributed by atoms with E-state index < -0.39 is 5.41 Å². The van der Waals surface area contributed by atoms with Gasteiger partial charge in [0.1, 0.15) is 0 Å². The highest BCUT2D eigenvalue weighted by Crippen LogP contribution is 2.66. The van der Waals surface area contributed by atoms with Gasteiger partial charge in [0.05, 0.1) is 5.41 Å². The molecule has 0 bridgehead atoms. The summed E-state index contributed by atoms with van der Waals surface area (Å²) >= 11 is 0. The Balaban J connectivity index is 1.10. The van der Waals surface area contributed by atoms with Crippen LogP contribution in [0.25, 0.3) is 54.6 Å². The molecule has 2 aliphatic carbocycles. The molecule has 0 heterocycles. The molecule has 300 valence electrons. The summed E-state index contributed by atoms with van der Waals surface area (Å²) in [7, 11) is 0. The van der Waals surface area contributed by atoms with E-state index in [4.69, 9.17) is 0 Å². The molecule has 1 spiro atoms. The lowest BCUT2D eigenvalue weighted by atomic mass is 9.68. The van der Waals surface area contributed by atoms with Gasteiger partial charge in [-0.15, -0.1) is 0 Å². The van der Waals surface area contributed by atoms with Crippen molar-refractivity contribution in [3.8, 4) is 22.3 Å². The van der Waals surface area contributed by atoms with Gasteiger partial charge in [-0.2, -0.15) is 0 Å². The molecule has 0 saturated heterocycles. The fourth-order valence-corrected chi connectivity index (χ4v) is 11.3. The zero-order chi connectivity index (χ0) is 42.4. The summed E-state index contributed by atoms with van der Waals surface area (Å²) in [4.78, 5) is 4.75. The molecule has 0 aromatic heterocycles. The third kappa shape index (κ3) is 5.26. The fraction of sp³-hybridized carbons (Fsp3) is 0.0323. The Morgan fingerprint density at radius 2 is 0.781 bits per heavy atom. The van der Waals surface area contributed by atoms with Crippen LogP contribution in [0.15, 0.2) is 237 Å². The molecule has 13 rings (SSSR count). The number of hydrogen-bond donors (Lipinski definition) is 0. The van der Waals surface area contributed by atoms with E-state index in [-0.39, 0.29) is 0 Å². The van der Waals surface area contributed by atoms with Gasteiger partial charge in [-0.25, -0.2) is 0 Å². The summed E-state index contributed by atoms with van der Waals surface area (Å²) in [6.45, 7) is 2.17. The maximum Gasteiger partial charge on any atom is 0.0737 e. The van der Waals surface area contributed by atoms with Crippen LogP contribution in [0, 0.1) is 6.92 Å². The molecule has 0 amide bonds. The van der Waals surface area contributed by atoms with Gasteiger partial charge >= 0.3 is 0 Å². The van der Waals surface area contributed by atoms with Crippen molar-refractivity contribution in [3.05, 3.63) is 264 Å². The highest BCUT2D eigenvalue weighted by molar-refractivity contribution is 6.13. The largest absolute Gasteiger partial charge is 0.310 e. The molecule has 2 nitrogen and oxygen atoms in total. The van der Waals surface area contributed by atoms with Crippen LogP contribution in [-0.2, 0) is 5.41 Å². The number of benzene rings is 11. The molecule has 0 saturated carbocycles. The average Bonchev–Trinajstić information content (AvgIpc) is 3.83. The molecule has 11 aromatic rings. The van der Waals surface area contributed by atoms with Crippen molar-refractivity contribution >= 4 is 66.4 Å². The van der Waals surface area contributed by atoms with Crippen LogP contribution in [0.2, 0.25) is 0 Å². The van der Waals surface area contributed by atoms with Crippen LogP contribution in [-0.4, -0.2) is 0 Å². The van der Waals surface area contributed by atoms with Crippen molar-refractivity contribution in [1.29, 1.82) is 0 Å². The minimum Gasteiger partial charge on any atom is -0.310 e. The molecule has 1 atom stereocenters. The van der Waals surface area contributed by atoms with E-state index in [1.54, 1.807) is 0 Å². The fourth-order valence-electron chi connectivity index (χ4n) is 11.3. The molecule has 0 aliphatic heterocycles. The maximum absolute atomic E-state index is 2.44. The van der Waals surface area contributed by atoms with Crippen LogP contribution in [0.3, 0.4) is 0 Å². The minimum atomic E-state index is -0.573. The van der Waals surface area contributed by atoms with E-state index in [1.807, 2.05) is 0 Å². The maximum atomic E-state index is 2.44. The minimum absolute atomic E-state index is 0.573. The van der Waals surface area contributed by atoms with Gasteiger partial charge in [-0.3, -0.25) is 0 Å². The van der Waals surface area contributed by atoms with Crippen LogP contribution in [0.1, 0.15) is 27.8 Å². The van der Waals surface area contributed by atoms with Gasteiger partial charge in [0.2, 0.25) is 0 Å². The van der Waals surface area contributed by atoms with Crippen molar-refractivity contribution in [2.24, 2.45) is 0 Å². The molecule has 0 N–H and O–H groups in total. The number of rotatable bonds is 6. The monoisotopic (exact) mass is 814 g/mol. The summed E-state index contributed by atoms with van der Waals surface area (Å²) in [6, 6.07) is 87.7. The first-order valence-corrected chi connectivity index (χ1v) is 22.3. The average molecular weight is 815 g/mol. The second-order valence-electron chi connectivity index (χ2n) is 17.3. The molecule has 1 unspecified atom stereocenters. The summed E-state index contributed by atoms with van der Waals surface area (Å²) in [5.74, 6) is 0. The first-order chi connectivity index (χ1) is 31.7. The smallest absolute Gasteiger partial charge is 0.0737 e. The highest BCUT2D eigenvalue weighted by Gasteiger charge is 2.53. The van der Waals surface area contributed by atoms with Crippen LogP contribution in [0.4, 0.5) is 34.1 Å². The molecular formula is C62H42N2. The van der Waals surface area contributed by atoms with Gasteiger partial charge in [-0.1, -0.05) is 164 Å². The molecule has 2 aliphatic rings. The normalized spacial score (nSPS) is 14.4. The molecular weight excluding hydrogens is 773 g/mol. The van der Waals surface area contributed by atoms with Crippen LogP contribution < -0.4 is 9.80 Å². The predicted molar refractivity (Wildman–Crippen MR) is 269 cm³/mol. The predicted octanol–water partition coefficient (Wildman–Crippen LogP) is 16.7. The Morgan fingerprint density at radius 3 is 1.38 bits per heavy atom. The Hall–Kier alpha value is -8.20. The van der Waals surface area contributed by atoms with E-state index in [2.05, 4.69) is 253 Å². The van der Waals surface area contributed by atoms with Crippen molar-refractivity contribution in [2.75, 3.05) is 9.80 Å². The Labute approximate surface area is 373 Å². The Morgan fingerprint density at radius 1 is 0.297 bits per heavy atom. The lowest BCUT2D eigenvalue weighted by molar-refractivity contribution is 0.810. The molecule has 11 aromatic carbocycles. The van der Waals surface area contributed by atoms with Crippen molar-refractivity contribution in [1.82, 2.24) is 0 Å². The second kappa shape index (κ2) is 14.2. The number of para-hydroxylation sites is 3. The number of nitrogens with zero attached hydrogens (tertiary/aromatic N) is 2. The SMILES string of the molecule is Cc1cccc(N(c2ccccc2)c2ccc3c4c(ccc3c2)-c2ccc3cc(N(c5ccccc5)c5ccccc5)ccc3c2C42c3ccccc3-c3c2ccc2ccccc32)c1. The first kappa shape index (κ1) is 36.5. The third-order valence-corrected chi connectivity index (χ3v) is 13.8. The summed E-state index contributed by atoms with van der Waals surface area (Å²) in [5, 5.41) is 7.54. The number of hydrogen-bond acceptors (Lipinski definition) is 2. The van der Waals surface area contributed by atoms with E-state index in [0.29, 0.717) is 0 Å². The van der Waals surface area contributed by atoms with E-state index in [9.17, 15) is 0 Å². The lowest BCUT2D eigenvalue weighted by Crippen LogP contribution is -2.26. The van der Waals surface area contributed by atoms with Crippen molar-refractivity contribution in [3.63, 3.8) is 0 Å². The molecule has 0 radical (unpaired) electrons. The zero-order valence-electron chi connectivity index (χ0n) is 35.4. The summed E-state index contributed by atoms with van der Waals surface area (Å²) < 4.78 is 0. The zero-order valence-corrected chi connectivity index (χ0v) is 35.4. The van der Waals surface area contributed by atoms with Gasteiger partial charge in [0.25, 0.3) is 0 Å². The van der Waals surface area contributed by atoms with Crippen molar-refractivity contribution < 1.29 is 0 Å². The van der Waals surface area contributed by atoms with Gasteiger partial charge in [-0.05, 0) is 162 Å². The van der Waals surface area contributed by atoms with Crippen molar-refractivity contribution in [2.45, 2.75) is 12.3 Å². The standard InChI is InChI=1S/C62H42N2/c1-41-16-15-24-48(38-41)64(47-22-9-4-10-23-47)50-32-36-53-44(40-50)29-34-55-54-33-28-43-39-49(63(45-18-5-2-6-19-45)46-20-7-3-8-21-46)31-35-52(43)60(54)62(61(53)55)57-27-14-13-26-56(57)59-51-25-12-11-17-42(51)30-37-58(59)62/h2-40H,1H3. The quantitative estimate of drug-likeness (QED) is 0.165. The molecule has 2 heteroatoms. The van der Waals surface area contributed by atoms with Crippen LogP contribution in [0.5, 0.6) is 0 Å². The molecule has 0 fully saturated rings. The van der Waals surface area contributed by atoms with Crippen LogP contribution >= 0.6 is 0 Å². The van der Waals surface area contributed by atoms with Gasteiger partial charge in [0, 0.05) is 34.1 Å². The highest BCUT2D eigenvalue weighted by atomic mass is 15.1. The number of fused-ring (bicyclic) bond motifs is 16. The van der Waals surface area contributed by atoms with E-state index >= 15 is 0 Å². The van der Waals surface area contributed by atoms with Gasteiger partial charge in [0.15, 0.2) is 0 Å². The topological polar surface area (TPSA) is 6.48 Å². The summed E-state index contributed by atoms with van der Waals surface area (Å²) in [6.07, 6.45) is 0. The third-order valence-electron chi connectivity index (χ3n) is 13.8. The molecule has 64 heavy (non-hydrogen) atoms.